The second-order valence-corrected chi connectivity index (χ2v) is 5.93. The Kier molecular flexibility index (Phi) is 4.86. The largest absolute Gasteiger partial charge is 0.312 e. The van der Waals surface area contributed by atoms with Crippen LogP contribution in [-0.4, -0.2) is 23.3 Å². The number of rotatable bonds is 2. The van der Waals surface area contributed by atoms with Crippen molar-refractivity contribution < 1.29 is 9.59 Å². The molecule has 0 unspecified atom stereocenters. The van der Waals surface area contributed by atoms with Crippen LogP contribution in [0.5, 0.6) is 0 Å². The molecule has 3 nitrogen and oxygen atoms in total. The van der Waals surface area contributed by atoms with Gasteiger partial charge in [0.1, 0.15) is 0 Å². The van der Waals surface area contributed by atoms with E-state index in [1.807, 2.05) is 12.1 Å². The molecule has 104 valence electrons. The highest BCUT2D eigenvalue weighted by Crippen LogP contribution is 2.28. The minimum atomic E-state index is 0.0869. The lowest BCUT2D eigenvalue weighted by molar-refractivity contribution is -0.116. The van der Waals surface area contributed by atoms with Gasteiger partial charge in [0, 0.05) is 43.8 Å². The minimum Gasteiger partial charge on any atom is -0.312 e. The summed E-state index contributed by atoms with van der Waals surface area (Å²) in [6, 6.07) is 5.98. The molecule has 1 aromatic rings. The summed E-state index contributed by atoms with van der Waals surface area (Å²) in [5.74, 6) is 7.02. The van der Waals surface area contributed by atoms with E-state index in [0.29, 0.717) is 6.42 Å². The van der Waals surface area contributed by atoms with Crippen molar-refractivity contribution in [3.8, 4) is 11.8 Å². The Hall–Kier alpha value is -1.73. The molecule has 0 saturated carbocycles. The standard InChI is InChI=1S/C16H17NO2S/c1-12(18)17-9-8-15-11-14(6-7-16(15)17)5-3-4-10-20-13(2)19/h6-7,11H,4,8-10H2,1-2H3. The van der Waals surface area contributed by atoms with E-state index < -0.39 is 0 Å². The zero-order chi connectivity index (χ0) is 14.5. The highest BCUT2D eigenvalue weighted by Gasteiger charge is 2.21. The molecule has 2 rings (SSSR count). The summed E-state index contributed by atoms with van der Waals surface area (Å²) in [6.45, 7) is 3.92. The molecular formula is C16H17NO2S. The molecular weight excluding hydrogens is 270 g/mol. The molecule has 20 heavy (non-hydrogen) atoms. The van der Waals surface area contributed by atoms with Crippen molar-refractivity contribution in [1.29, 1.82) is 0 Å². The van der Waals surface area contributed by atoms with Crippen LogP contribution in [0.15, 0.2) is 18.2 Å². The zero-order valence-corrected chi connectivity index (χ0v) is 12.5. The number of amides is 1. The molecule has 1 aliphatic heterocycles. The van der Waals surface area contributed by atoms with Gasteiger partial charge in [-0.05, 0) is 30.2 Å². The van der Waals surface area contributed by atoms with Crippen LogP contribution in [0.4, 0.5) is 5.69 Å². The van der Waals surface area contributed by atoms with Crippen LogP contribution >= 0.6 is 11.8 Å². The Labute approximate surface area is 123 Å². The van der Waals surface area contributed by atoms with Crippen LogP contribution in [-0.2, 0) is 16.0 Å². The Balaban J connectivity index is 2.01. The Morgan fingerprint density at radius 1 is 1.35 bits per heavy atom. The van der Waals surface area contributed by atoms with E-state index >= 15 is 0 Å². The predicted molar refractivity (Wildman–Crippen MR) is 82.8 cm³/mol. The number of nitrogens with zero attached hydrogens (tertiary/aromatic N) is 1. The monoisotopic (exact) mass is 287 g/mol. The van der Waals surface area contributed by atoms with Gasteiger partial charge in [0.25, 0.3) is 0 Å². The van der Waals surface area contributed by atoms with Gasteiger partial charge in [-0.25, -0.2) is 0 Å². The van der Waals surface area contributed by atoms with Crippen molar-refractivity contribution in [3.63, 3.8) is 0 Å². The van der Waals surface area contributed by atoms with Gasteiger partial charge in [-0.3, -0.25) is 9.59 Å². The summed E-state index contributed by atoms with van der Waals surface area (Å²) < 4.78 is 0. The Bertz CT molecular complexity index is 598. The fourth-order valence-electron chi connectivity index (χ4n) is 2.22. The number of hydrogen-bond donors (Lipinski definition) is 0. The molecule has 4 heteroatoms. The highest BCUT2D eigenvalue weighted by atomic mass is 32.2. The summed E-state index contributed by atoms with van der Waals surface area (Å²) in [5, 5.41) is 0.133. The average Bonchev–Trinajstić information content (AvgIpc) is 2.81. The van der Waals surface area contributed by atoms with Gasteiger partial charge in [0.05, 0.1) is 0 Å². The van der Waals surface area contributed by atoms with Crippen molar-refractivity contribution in [1.82, 2.24) is 0 Å². The van der Waals surface area contributed by atoms with E-state index in [4.69, 9.17) is 0 Å². The molecule has 0 radical (unpaired) electrons. The average molecular weight is 287 g/mol. The predicted octanol–water partition coefficient (Wildman–Crippen LogP) is 2.62. The van der Waals surface area contributed by atoms with Crippen molar-refractivity contribution in [2.75, 3.05) is 17.2 Å². The molecule has 0 bridgehead atoms. The van der Waals surface area contributed by atoms with Crippen molar-refractivity contribution >= 4 is 28.5 Å². The first kappa shape index (κ1) is 14.7. The quantitative estimate of drug-likeness (QED) is 0.620. The molecule has 0 aliphatic carbocycles. The van der Waals surface area contributed by atoms with Crippen molar-refractivity contribution in [3.05, 3.63) is 29.3 Å². The second-order valence-electron chi connectivity index (χ2n) is 4.66. The third kappa shape index (κ3) is 3.64. The number of hydrogen-bond acceptors (Lipinski definition) is 3. The van der Waals surface area contributed by atoms with E-state index in [1.165, 1.54) is 17.3 Å². The van der Waals surface area contributed by atoms with E-state index in [1.54, 1.807) is 18.7 Å². The van der Waals surface area contributed by atoms with Gasteiger partial charge in [-0.1, -0.05) is 23.6 Å². The number of anilines is 1. The maximum atomic E-state index is 11.5. The van der Waals surface area contributed by atoms with Gasteiger partial charge < -0.3 is 4.90 Å². The van der Waals surface area contributed by atoms with Crippen LogP contribution in [0.1, 0.15) is 31.4 Å². The molecule has 1 amide bonds. The fraction of sp³-hybridized carbons (Fsp3) is 0.375. The lowest BCUT2D eigenvalue weighted by Gasteiger charge is -2.14. The van der Waals surface area contributed by atoms with Crippen LogP contribution in [0.3, 0.4) is 0 Å². The van der Waals surface area contributed by atoms with Gasteiger partial charge in [0.15, 0.2) is 5.12 Å². The SMILES string of the molecule is CC(=O)SCCC#Cc1ccc2c(c1)CCN2C(C)=O. The normalized spacial score (nSPS) is 12.6. The Morgan fingerprint density at radius 3 is 2.85 bits per heavy atom. The molecule has 0 aromatic heterocycles. The highest BCUT2D eigenvalue weighted by molar-refractivity contribution is 8.13. The summed E-state index contributed by atoms with van der Waals surface area (Å²) in [4.78, 5) is 24.0. The number of benzene rings is 1. The van der Waals surface area contributed by atoms with Crippen LogP contribution < -0.4 is 4.90 Å². The van der Waals surface area contributed by atoms with E-state index in [-0.39, 0.29) is 11.0 Å². The lowest BCUT2D eigenvalue weighted by atomic mass is 10.1. The molecule has 0 saturated heterocycles. The molecule has 0 spiro atoms. The number of carbonyl (C=O) groups excluding carboxylic acids is 2. The lowest BCUT2D eigenvalue weighted by Crippen LogP contribution is -2.25. The van der Waals surface area contributed by atoms with E-state index in [0.717, 1.165) is 30.0 Å². The summed E-state index contributed by atoms with van der Waals surface area (Å²) in [7, 11) is 0. The van der Waals surface area contributed by atoms with Gasteiger partial charge in [-0.2, -0.15) is 0 Å². The molecule has 0 N–H and O–H groups in total. The maximum Gasteiger partial charge on any atom is 0.223 e. The molecule has 1 aromatic carbocycles. The third-order valence-corrected chi connectivity index (χ3v) is 3.94. The summed E-state index contributed by atoms with van der Waals surface area (Å²) in [6.07, 6.45) is 1.60. The maximum absolute atomic E-state index is 11.5. The van der Waals surface area contributed by atoms with Crippen LogP contribution in [0.2, 0.25) is 0 Å². The first-order chi connectivity index (χ1) is 9.58. The molecule has 0 atom stereocenters. The zero-order valence-electron chi connectivity index (χ0n) is 11.7. The summed E-state index contributed by atoms with van der Waals surface area (Å²) >= 11 is 1.30. The third-order valence-electron chi connectivity index (χ3n) is 3.12. The van der Waals surface area contributed by atoms with Crippen LogP contribution in [0, 0.1) is 11.8 Å². The van der Waals surface area contributed by atoms with Gasteiger partial charge in [0.2, 0.25) is 5.91 Å². The molecule has 1 heterocycles. The molecule has 1 aliphatic rings. The van der Waals surface area contributed by atoms with E-state index in [9.17, 15) is 9.59 Å². The van der Waals surface area contributed by atoms with Gasteiger partial charge in [-0.15, -0.1) is 0 Å². The number of thioether (sulfide) groups is 1. The van der Waals surface area contributed by atoms with Crippen LogP contribution in [0.25, 0.3) is 0 Å². The first-order valence-electron chi connectivity index (χ1n) is 6.61. The van der Waals surface area contributed by atoms with Gasteiger partial charge >= 0.3 is 0 Å². The minimum absolute atomic E-state index is 0.0869. The smallest absolute Gasteiger partial charge is 0.223 e. The summed E-state index contributed by atoms with van der Waals surface area (Å²) in [5.41, 5.74) is 3.17. The van der Waals surface area contributed by atoms with Crippen molar-refractivity contribution in [2.45, 2.75) is 26.7 Å². The molecule has 0 fully saturated rings. The fourth-order valence-corrected chi connectivity index (χ4v) is 2.71. The Morgan fingerprint density at radius 2 is 2.15 bits per heavy atom. The first-order valence-corrected chi connectivity index (χ1v) is 7.60. The topological polar surface area (TPSA) is 37.4 Å². The number of carbonyl (C=O) groups is 2. The van der Waals surface area contributed by atoms with Crippen molar-refractivity contribution in [2.24, 2.45) is 0 Å². The van der Waals surface area contributed by atoms with E-state index in [2.05, 4.69) is 17.9 Å². The number of fused-ring (bicyclic) bond motifs is 1. The second kappa shape index (κ2) is 6.62.